The van der Waals surface area contributed by atoms with Crippen molar-refractivity contribution in [3.8, 4) is 0 Å². The maximum Gasteiger partial charge on any atom is 0.471 e. The highest BCUT2D eigenvalue weighted by molar-refractivity contribution is 7.89. The van der Waals surface area contributed by atoms with E-state index in [-0.39, 0.29) is 30.4 Å². The Bertz CT molecular complexity index is 1010. The van der Waals surface area contributed by atoms with Gasteiger partial charge >= 0.3 is 12.1 Å². The lowest BCUT2D eigenvalue weighted by atomic mass is 10.00. The van der Waals surface area contributed by atoms with Crippen LogP contribution in [-0.4, -0.2) is 38.0 Å². The monoisotopic (exact) mass is 440 g/mol. The molecule has 30 heavy (non-hydrogen) atoms. The molecule has 9 heteroatoms. The number of carbonyl (C=O) groups is 1. The third kappa shape index (κ3) is 5.40. The average Bonchev–Trinajstić information content (AvgIpc) is 2.70. The Kier molecular flexibility index (Phi) is 6.52. The molecule has 0 fully saturated rings. The van der Waals surface area contributed by atoms with E-state index in [1.165, 1.54) is 12.1 Å². The quantitative estimate of drug-likeness (QED) is 0.749. The first-order valence-electron chi connectivity index (χ1n) is 9.60. The van der Waals surface area contributed by atoms with Gasteiger partial charge in [-0.05, 0) is 55.0 Å². The fourth-order valence-electron chi connectivity index (χ4n) is 3.47. The lowest BCUT2D eigenvalue weighted by Gasteiger charge is -2.29. The number of benzene rings is 2. The Hall–Kier alpha value is -2.39. The minimum atomic E-state index is -4.95. The molecule has 5 nitrogen and oxygen atoms in total. The number of aryl methyl sites for hydroxylation is 1. The molecule has 0 spiro atoms. The molecule has 2 aromatic rings. The topological polar surface area (TPSA) is 66.5 Å². The molecule has 0 radical (unpaired) electrons. The van der Waals surface area contributed by atoms with Gasteiger partial charge < -0.3 is 4.90 Å². The van der Waals surface area contributed by atoms with E-state index in [0.717, 1.165) is 11.1 Å². The summed E-state index contributed by atoms with van der Waals surface area (Å²) in [5.41, 5.74) is 2.27. The Morgan fingerprint density at radius 2 is 1.83 bits per heavy atom. The van der Waals surface area contributed by atoms with Gasteiger partial charge in [0.1, 0.15) is 0 Å². The van der Waals surface area contributed by atoms with E-state index in [9.17, 15) is 26.4 Å². The molecule has 1 unspecified atom stereocenters. The molecular formula is C21H23F3N2O3S. The van der Waals surface area contributed by atoms with Gasteiger partial charge in [0, 0.05) is 19.1 Å². The van der Waals surface area contributed by atoms with E-state index >= 15 is 0 Å². The highest BCUT2D eigenvalue weighted by Gasteiger charge is 2.43. The summed E-state index contributed by atoms with van der Waals surface area (Å²) < 4.78 is 66.3. The number of amides is 1. The zero-order valence-corrected chi connectivity index (χ0v) is 17.3. The number of sulfonamides is 1. The number of hydrogen-bond acceptors (Lipinski definition) is 3. The molecule has 1 N–H and O–H groups in total. The summed E-state index contributed by atoms with van der Waals surface area (Å²) in [7, 11) is -3.84. The van der Waals surface area contributed by atoms with Crippen LogP contribution < -0.4 is 4.72 Å². The lowest BCUT2D eigenvalue weighted by Crippen LogP contribution is -2.43. The lowest BCUT2D eigenvalue weighted by molar-refractivity contribution is -0.186. The van der Waals surface area contributed by atoms with Crippen LogP contribution in [-0.2, 0) is 34.2 Å². The average molecular weight is 440 g/mol. The first-order chi connectivity index (χ1) is 14.1. The van der Waals surface area contributed by atoms with Crippen LogP contribution in [0.15, 0.2) is 53.4 Å². The first kappa shape index (κ1) is 22.3. The first-order valence-corrected chi connectivity index (χ1v) is 11.1. The Balaban J connectivity index is 1.69. The molecule has 1 atom stereocenters. The predicted molar refractivity (Wildman–Crippen MR) is 106 cm³/mol. The number of rotatable bonds is 6. The summed E-state index contributed by atoms with van der Waals surface area (Å²) in [5, 5.41) is 0. The van der Waals surface area contributed by atoms with E-state index in [1.807, 2.05) is 30.3 Å². The summed E-state index contributed by atoms with van der Waals surface area (Å²) >= 11 is 0. The molecule has 162 valence electrons. The van der Waals surface area contributed by atoms with Crippen LogP contribution in [0.2, 0.25) is 0 Å². The van der Waals surface area contributed by atoms with Crippen LogP contribution in [0.4, 0.5) is 13.2 Å². The van der Waals surface area contributed by atoms with E-state index < -0.39 is 22.1 Å². The van der Waals surface area contributed by atoms with Crippen molar-refractivity contribution < 1.29 is 26.4 Å². The summed E-state index contributed by atoms with van der Waals surface area (Å²) in [5.74, 6) is -1.91. The van der Waals surface area contributed by atoms with Gasteiger partial charge in [0.05, 0.1) is 4.90 Å². The Morgan fingerprint density at radius 1 is 1.13 bits per heavy atom. The van der Waals surface area contributed by atoms with Crippen LogP contribution in [0.5, 0.6) is 0 Å². The molecule has 2 aromatic carbocycles. The number of carbonyl (C=O) groups excluding carboxylic acids is 1. The van der Waals surface area contributed by atoms with Gasteiger partial charge in [0.15, 0.2) is 0 Å². The molecule has 0 aliphatic carbocycles. The number of nitrogens with one attached hydrogen (secondary N) is 1. The number of alkyl halides is 3. The van der Waals surface area contributed by atoms with Gasteiger partial charge in [0.2, 0.25) is 10.0 Å². The largest absolute Gasteiger partial charge is 0.471 e. The van der Waals surface area contributed by atoms with Crippen LogP contribution in [0.3, 0.4) is 0 Å². The highest BCUT2D eigenvalue weighted by Crippen LogP contribution is 2.26. The minimum Gasteiger partial charge on any atom is -0.330 e. The van der Waals surface area contributed by atoms with Crippen molar-refractivity contribution in [2.75, 3.05) is 6.54 Å². The number of fused-ring (bicyclic) bond motifs is 1. The second-order valence-electron chi connectivity index (χ2n) is 7.45. The third-order valence-corrected chi connectivity index (χ3v) is 6.68. The fourth-order valence-corrected chi connectivity index (χ4v) is 4.80. The van der Waals surface area contributed by atoms with Gasteiger partial charge in [0.25, 0.3) is 0 Å². The fraction of sp³-hybridized carbons (Fsp3) is 0.381. The molecule has 0 bridgehead atoms. The van der Waals surface area contributed by atoms with Crippen molar-refractivity contribution in [1.29, 1.82) is 0 Å². The number of nitrogens with zero attached hydrogens (tertiary/aromatic N) is 1. The summed E-state index contributed by atoms with van der Waals surface area (Å²) in [6.07, 6.45) is -3.39. The van der Waals surface area contributed by atoms with Gasteiger partial charge in [-0.15, -0.1) is 0 Å². The Labute approximate surface area is 173 Å². The molecule has 1 amide bonds. The van der Waals surface area contributed by atoms with Crippen molar-refractivity contribution in [1.82, 2.24) is 9.62 Å². The van der Waals surface area contributed by atoms with Crippen LogP contribution in [0.1, 0.15) is 30.0 Å². The molecule has 0 saturated carbocycles. The van der Waals surface area contributed by atoms with Crippen molar-refractivity contribution in [2.24, 2.45) is 0 Å². The van der Waals surface area contributed by atoms with Gasteiger partial charge in [-0.25, -0.2) is 13.1 Å². The van der Waals surface area contributed by atoms with E-state index in [1.54, 1.807) is 13.0 Å². The minimum absolute atomic E-state index is 0.0193. The second-order valence-corrected chi connectivity index (χ2v) is 9.17. The van der Waals surface area contributed by atoms with Gasteiger partial charge in [-0.2, -0.15) is 13.2 Å². The van der Waals surface area contributed by atoms with Crippen molar-refractivity contribution in [3.05, 3.63) is 65.2 Å². The van der Waals surface area contributed by atoms with Crippen molar-refractivity contribution >= 4 is 15.9 Å². The molecular weight excluding hydrogens is 417 g/mol. The highest BCUT2D eigenvalue weighted by atomic mass is 32.2. The zero-order valence-electron chi connectivity index (χ0n) is 16.4. The van der Waals surface area contributed by atoms with E-state index in [0.29, 0.717) is 23.3 Å². The van der Waals surface area contributed by atoms with Crippen LogP contribution >= 0.6 is 0 Å². The Morgan fingerprint density at radius 3 is 2.50 bits per heavy atom. The second kappa shape index (κ2) is 8.77. The smallest absolute Gasteiger partial charge is 0.330 e. The summed E-state index contributed by atoms with van der Waals surface area (Å²) in [6.45, 7) is 1.45. The van der Waals surface area contributed by atoms with Gasteiger partial charge in [-0.3, -0.25) is 4.79 Å². The number of hydrogen-bond donors (Lipinski definition) is 1. The maximum atomic E-state index is 12.7. The SMILES string of the molecule is CC(CCc1ccccc1)NS(=O)(=O)c1ccc2c(c1)CN(C(=O)C(F)(F)F)CC2. The molecule has 3 rings (SSSR count). The molecule has 1 aliphatic heterocycles. The van der Waals surface area contributed by atoms with E-state index in [4.69, 9.17) is 0 Å². The molecule has 0 saturated heterocycles. The molecule has 1 heterocycles. The standard InChI is InChI=1S/C21H23F3N2O3S/c1-15(7-8-16-5-3-2-4-6-16)25-30(28,29)19-10-9-17-11-12-26(14-18(17)13-19)20(27)21(22,23)24/h2-6,9-10,13,15,25H,7-8,11-12,14H2,1H3. The summed E-state index contributed by atoms with van der Waals surface area (Å²) in [4.78, 5) is 12.2. The van der Waals surface area contributed by atoms with Crippen molar-refractivity contribution in [3.63, 3.8) is 0 Å². The maximum absolute atomic E-state index is 12.7. The van der Waals surface area contributed by atoms with Crippen LogP contribution in [0, 0.1) is 0 Å². The van der Waals surface area contributed by atoms with Gasteiger partial charge in [-0.1, -0.05) is 36.4 Å². The normalized spacial score (nSPS) is 15.5. The van der Waals surface area contributed by atoms with Crippen molar-refractivity contribution in [2.45, 2.75) is 49.8 Å². The molecule has 1 aliphatic rings. The van der Waals surface area contributed by atoms with Crippen LogP contribution in [0.25, 0.3) is 0 Å². The summed E-state index contributed by atoms with van der Waals surface area (Å²) in [6, 6.07) is 13.8. The predicted octanol–water partition coefficient (Wildman–Crippen LogP) is 3.43. The van der Waals surface area contributed by atoms with E-state index in [2.05, 4.69) is 4.72 Å². The molecule has 0 aromatic heterocycles. The zero-order chi connectivity index (χ0) is 21.9. The number of halogens is 3. The third-order valence-electron chi connectivity index (χ3n) is 5.10.